The van der Waals surface area contributed by atoms with Crippen molar-refractivity contribution in [3.63, 3.8) is 0 Å². The summed E-state index contributed by atoms with van der Waals surface area (Å²) in [6.07, 6.45) is 1.11. The molecule has 1 aromatic rings. The molecule has 0 aliphatic carbocycles. The SMILES string of the molecule is CC[C@@H](C)Nc1cc(C)ccc1OC. The van der Waals surface area contributed by atoms with E-state index < -0.39 is 0 Å². The topological polar surface area (TPSA) is 21.3 Å². The molecule has 0 amide bonds. The molecule has 0 aliphatic heterocycles. The summed E-state index contributed by atoms with van der Waals surface area (Å²) in [6.45, 7) is 6.42. The van der Waals surface area contributed by atoms with Crippen LogP contribution in [0.5, 0.6) is 5.75 Å². The van der Waals surface area contributed by atoms with Gasteiger partial charge in [0.15, 0.2) is 0 Å². The Bertz CT molecular complexity index is 296. The zero-order valence-corrected chi connectivity index (χ0v) is 9.42. The van der Waals surface area contributed by atoms with Gasteiger partial charge in [-0.3, -0.25) is 0 Å². The molecule has 0 radical (unpaired) electrons. The molecular weight excluding hydrogens is 174 g/mol. The lowest BCUT2D eigenvalue weighted by molar-refractivity contribution is 0.416. The van der Waals surface area contributed by atoms with Crippen LogP contribution in [0.1, 0.15) is 25.8 Å². The Morgan fingerprint density at radius 1 is 1.43 bits per heavy atom. The second kappa shape index (κ2) is 4.89. The second-order valence-electron chi connectivity index (χ2n) is 3.66. The van der Waals surface area contributed by atoms with Crippen molar-refractivity contribution in [3.8, 4) is 5.75 Å². The molecule has 1 atom stereocenters. The molecule has 0 bridgehead atoms. The Hall–Kier alpha value is -1.18. The molecular formula is C12H19NO. The van der Waals surface area contributed by atoms with E-state index >= 15 is 0 Å². The van der Waals surface area contributed by atoms with Crippen molar-refractivity contribution < 1.29 is 4.74 Å². The summed E-state index contributed by atoms with van der Waals surface area (Å²) in [7, 11) is 1.70. The highest BCUT2D eigenvalue weighted by Crippen LogP contribution is 2.26. The number of rotatable bonds is 4. The highest BCUT2D eigenvalue weighted by atomic mass is 16.5. The van der Waals surface area contributed by atoms with Gasteiger partial charge in [-0.2, -0.15) is 0 Å². The van der Waals surface area contributed by atoms with Crippen molar-refractivity contribution in [3.05, 3.63) is 23.8 Å². The van der Waals surface area contributed by atoms with Gasteiger partial charge >= 0.3 is 0 Å². The van der Waals surface area contributed by atoms with Gasteiger partial charge in [0.2, 0.25) is 0 Å². The van der Waals surface area contributed by atoms with Gasteiger partial charge in [-0.15, -0.1) is 0 Å². The van der Waals surface area contributed by atoms with Crippen molar-refractivity contribution in [2.45, 2.75) is 33.2 Å². The Kier molecular flexibility index (Phi) is 3.81. The minimum Gasteiger partial charge on any atom is -0.495 e. The number of ether oxygens (including phenoxy) is 1. The summed E-state index contributed by atoms with van der Waals surface area (Å²) in [5.74, 6) is 0.913. The van der Waals surface area contributed by atoms with Crippen LogP contribution in [0.2, 0.25) is 0 Å². The molecule has 0 saturated heterocycles. The number of hydrogen-bond acceptors (Lipinski definition) is 2. The van der Waals surface area contributed by atoms with Crippen molar-refractivity contribution in [1.29, 1.82) is 0 Å². The largest absolute Gasteiger partial charge is 0.495 e. The molecule has 2 nitrogen and oxygen atoms in total. The van der Waals surface area contributed by atoms with Crippen LogP contribution in [0.4, 0.5) is 5.69 Å². The van der Waals surface area contributed by atoms with E-state index in [-0.39, 0.29) is 0 Å². The van der Waals surface area contributed by atoms with Gasteiger partial charge < -0.3 is 10.1 Å². The number of anilines is 1. The highest BCUT2D eigenvalue weighted by Gasteiger charge is 2.05. The third-order valence-electron chi connectivity index (χ3n) is 2.37. The number of benzene rings is 1. The van der Waals surface area contributed by atoms with Gasteiger partial charge in [-0.25, -0.2) is 0 Å². The molecule has 0 unspecified atom stereocenters. The standard InChI is InChI=1S/C12H19NO/c1-5-10(3)13-11-8-9(2)6-7-12(11)14-4/h6-8,10,13H,5H2,1-4H3/t10-/m1/s1. The average molecular weight is 193 g/mol. The third-order valence-corrected chi connectivity index (χ3v) is 2.37. The third kappa shape index (κ3) is 2.66. The fraction of sp³-hybridized carbons (Fsp3) is 0.500. The number of aryl methyl sites for hydroxylation is 1. The van der Waals surface area contributed by atoms with E-state index in [1.54, 1.807) is 7.11 Å². The van der Waals surface area contributed by atoms with Crippen LogP contribution in [-0.2, 0) is 0 Å². The van der Waals surface area contributed by atoms with E-state index in [0.717, 1.165) is 17.9 Å². The van der Waals surface area contributed by atoms with Crippen molar-refractivity contribution in [2.75, 3.05) is 12.4 Å². The van der Waals surface area contributed by atoms with E-state index in [2.05, 4.69) is 38.2 Å². The summed E-state index contributed by atoms with van der Waals surface area (Å²) in [5, 5.41) is 3.43. The summed E-state index contributed by atoms with van der Waals surface area (Å²) in [5.41, 5.74) is 2.33. The predicted molar refractivity (Wildman–Crippen MR) is 61.1 cm³/mol. The van der Waals surface area contributed by atoms with E-state index in [0.29, 0.717) is 6.04 Å². The van der Waals surface area contributed by atoms with Crippen LogP contribution in [0.3, 0.4) is 0 Å². The maximum absolute atomic E-state index is 5.28. The Balaban J connectivity index is 2.87. The van der Waals surface area contributed by atoms with Crippen LogP contribution in [0, 0.1) is 6.92 Å². The van der Waals surface area contributed by atoms with Gasteiger partial charge in [-0.05, 0) is 38.0 Å². The summed E-state index contributed by atoms with van der Waals surface area (Å²) >= 11 is 0. The molecule has 0 heterocycles. The number of nitrogens with one attached hydrogen (secondary N) is 1. The lowest BCUT2D eigenvalue weighted by atomic mass is 10.2. The zero-order chi connectivity index (χ0) is 10.6. The van der Waals surface area contributed by atoms with Gasteiger partial charge in [0, 0.05) is 6.04 Å². The predicted octanol–water partition coefficient (Wildman–Crippen LogP) is 3.21. The first-order chi connectivity index (χ1) is 6.67. The maximum atomic E-state index is 5.28. The molecule has 0 aromatic heterocycles. The Labute approximate surface area is 86.3 Å². The number of hydrogen-bond donors (Lipinski definition) is 1. The Morgan fingerprint density at radius 3 is 2.71 bits per heavy atom. The van der Waals surface area contributed by atoms with E-state index in [1.807, 2.05) is 6.07 Å². The second-order valence-corrected chi connectivity index (χ2v) is 3.66. The minimum atomic E-state index is 0.477. The molecule has 14 heavy (non-hydrogen) atoms. The van der Waals surface area contributed by atoms with Crippen molar-refractivity contribution in [1.82, 2.24) is 0 Å². The molecule has 2 heteroatoms. The highest BCUT2D eigenvalue weighted by molar-refractivity contribution is 5.58. The van der Waals surface area contributed by atoms with Gasteiger partial charge in [0.25, 0.3) is 0 Å². The normalized spacial score (nSPS) is 12.3. The fourth-order valence-corrected chi connectivity index (χ4v) is 1.30. The monoisotopic (exact) mass is 193 g/mol. The van der Waals surface area contributed by atoms with Crippen LogP contribution < -0.4 is 10.1 Å². The van der Waals surface area contributed by atoms with Gasteiger partial charge in [-0.1, -0.05) is 13.0 Å². The molecule has 78 valence electrons. The summed E-state index contributed by atoms with van der Waals surface area (Å²) < 4.78 is 5.28. The quantitative estimate of drug-likeness (QED) is 0.792. The molecule has 0 fully saturated rings. The molecule has 1 rings (SSSR count). The lowest BCUT2D eigenvalue weighted by Crippen LogP contribution is -2.14. The first-order valence-electron chi connectivity index (χ1n) is 5.08. The van der Waals surface area contributed by atoms with Crippen LogP contribution in [0.15, 0.2) is 18.2 Å². The zero-order valence-electron chi connectivity index (χ0n) is 9.42. The van der Waals surface area contributed by atoms with Crippen LogP contribution in [-0.4, -0.2) is 13.2 Å². The molecule has 1 N–H and O–H groups in total. The lowest BCUT2D eigenvalue weighted by Gasteiger charge is -2.16. The summed E-state index contributed by atoms with van der Waals surface area (Å²) in [6, 6.07) is 6.65. The average Bonchev–Trinajstić information content (AvgIpc) is 2.18. The first-order valence-corrected chi connectivity index (χ1v) is 5.08. The summed E-state index contributed by atoms with van der Waals surface area (Å²) in [4.78, 5) is 0. The minimum absolute atomic E-state index is 0.477. The van der Waals surface area contributed by atoms with Gasteiger partial charge in [0.1, 0.15) is 5.75 Å². The molecule has 0 spiro atoms. The van der Waals surface area contributed by atoms with E-state index in [1.165, 1.54) is 5.56 Å². The Morgan fingerprint density at radius 2 is 2.14 bits per heavy atom. The molecule has 0 aliphatic rings. The van der Waals surface area contributed by atoms with Crippen LogP contribution >= 0.6 is 0 Å². The van der Waals surface area contributed by atoms with E-state index in [4.69, 9.17) is 4.74 Å². The van der Waals surface area contributed by atoms with Crippen molar-refractivity contribution in [2.24, 2.45) is 0 Å². The van der Waals surface area contributed by atoms with E-state index in [9.17, 15) is 0 Å². The van der Waals surface area contributed by atoms with Gasteiger partial charge in [0.05, 0.1) is 12.8 Å². The number of methoxy groups -OCH3 is 1. The molecule has 1 aromatic carbocycles. The molecule has 0 saturated carbocycles. The van der Waals surface area contributed by atoms with Crippen molar-refractivity contribution >= 4 is 5.69 Å². The fourth-order valence-electron chi connectivity index (χ4n) is 1.30. The first kappa shape index (κ1) is 10.9. The smallest absolute Gasteiger partial charge is 0.141 e. The van der Waals surface area contributed by atoms with Crippen LogP contribution in [0.25, 0.3) is 0 Å². The maximum Gasteiger partial charge on any atom is 0.141 e.